The Morgan fingerprint density at radius 3 is 2.40 bits per heavy atom. The van der Waals surface area contributed by atoms with E-state index in [1.807, 2.05) is 31.2 Å². The summed E-state index contributed by atoms with van der Waals surface area (Å²) in [6.07, 6.45) is 0. The van der Waals surface area contributed by atoms with Gasteiger partial charge in [-0.3, -0.25) is 0 Å². The lowest BCUT2D eigenvalue weighted by Gasteiger charge is -2.19. The summed E-state index contributed by atoms with van der Waals surface area (Å²) in [5.41, 5.74) is 5.33. The lowest BCUT2D eigenvalue weighted by Crippen LogP contribution is -2.17. The highest BCUT2D eigenvalue weighted by molar-refractivity contribution is 6.31. The molecule has 0 spiro atoms. The third kappa shape index (κ3) is 3.08. The SMILES string of the molecule is Cc1ccc(-c2nc(NN)cc(C(C)(C)C)n2)cc1Cl. The van der Waals surface area contributed by atoms with Gasteiger partial charge in [0.1, 0.15) is 5.82 Å². The molecule has 2 rings (SSSR count). The number of aryl methyl sites for hydroxylation is 1. The largest absolute Gasteiger partial charge is 0.308 e. The van der Waals surface area contributed by atoms with Crippen molar-refractivity contribution in [1.82, 2.24) is 9.97 Å². The highest BCUT2D eigenvalue weighted by Crippen LogP contribution is 2.27. The molecule has 0 aliphatic heterocycles. The second-order valence-corrected chi connectivity index (χ2v) is 6.23. The summed E-state index contributed by atoms with van der Waals surface area (Å²) in [6.45, 7) is 8.26. The quantitative estimate of drug-likeness (QED) is 0.654. The van der Waals surface area contributed by atoms with Crippen LogP contribution in [0, 0.1) is 6.92 Å². The third-order valence-electron chi connectivity index (χ3n) is 3.07. The normalized spacial score (nSPS) is 11.5. The molecule has 4 nitrogen and oxygen atoms in total. The van der Waals surface area contributed by atoms with E-state index in [-0.39, 0.29) is 5.41 Å². The zero-order valence-corrected chi connectivity index (χ0v) is 12.9. The third-order valence-corrected chi connectivity index (χ3v) is 3.48. The Bertz CT molecular complexity index is 632. The van der Waals surface area contributed by atoms with E-state index < -0.39 is 0 Å². The molecule has 3 N–H and O–H groups in total. The first kappa shape index (κ1) is 14.8. The van der Waals surface area contributed by atoms with Gasteiger partial charge in [0.25, 0.3) is 0 Å². The summed E-state index contributed by atoms with van der Waals surface area (Å²) in [4.78, 5) is 9.03. The van der Waals surface area contributed by atoms with Crippen LogP contribution in [0.15, 0.2) is 24.3 Å². The second-order valence-electron chi connectivity index (χ2n) is 5.82. The molecule has 0 amide bonds. The number of nitrogens with one attached hydrogen (secondary N) is 1. The monoisotopic (exact) mass is 290 g/mol. The Labute approximate surface area is 124 Å². The van der Waals surface area contributed by atoms with Gasteiger partial charge in [-0.05, 0) is 18.6 Å². The Kier molecular flexibility index (Phi) is 3.97. The average molecular weight is 291 g/mol. The van der Waals surface area contributed by atoms with E-state index in [0.29, 0.717) is 16.7 Å². The standard InChI is InChI=1S/C15H19ClN4/c1-9-5-6-10(7-11(9)16)14-18-12(15(2,3)4)8-13(19-14)20-17/h5-8H,17H2,1-4H3,(H,18,19,20). The lowest BCUT2D eigenvalue weighted by molar-refractivity contribution is 0.568. The van der Waals surface area contributed by atoms with Crippen LogP contribution in [0.5, 0.6) is 0 Å². The van der Waals surface area contributed by atoms with Gasteiger partial charge < -0.3 is 5.43 Å². The van der Waals surface area contributed by atoms with Crippen molar-refractivity contribution in [1.29, 1.82) is 0 Å². The van der Waals surface area contributed by atoms with E-state index in [4.69, 9.17) is 17.4 Å². The number of aromatic nitrogens is 2. The maximum Gasteiger partial charge on any atom is 0.161 e. The van der Waals surface area contributed by atoms with Crippen LogP contribution in [0.4, 0.5) is 5.82 Å². The van der Waals surface area contributed by atoms with Gasteiger partial charge in [0.15, 0.2) is 5.82 Å². The summed E-state index contributed by atoms with van der Waals surface area (Å²) in [7, 11) is 0. The van der Waals surface area contributed by atoms with Crippen molar-refractivity contribution in [3.63, 3.8) is 0 Å². The number of nitrogens with zero attached hydrogens (tertiary/aromatic N) is 2. The molecule has 0 unspecified atom stereocenters. The van der Waals surface area contributed by atoms with Crippen molar-refractivity contribution >= 4 is 17.4 Å². The Morgan fingerprint density at radius 2 is 1.85 bits per heavy atom. The number of hydrogen-bond acceptors (Lipinski definition) is 4. The number of halogens is 1. The van der Waals surface area contributed by atoms with Gasteiger partial charge in [-0.2, -0.15) is 0 Å². The molecule has 0 aliphatic rings. The van der Waals surface area contributed by atoms with E-state index in [0.717, 1.165) is 16.8 Å². The number of hydrogen-bond donors (Lipinski definition) is 2. The Hall–Kier alpha value is -1.65. The molecule has 5 heteroatoms. The van der Waals surface area contributed by atoms with Crippen molar-refractivity contribution in [2.24, 2.45) is 5.84 Å². The van der Waals surface area contributed by atoms with Gasteiger partial charge in [0, 0.05) is 22.1 Å². The van der Waals surface area contributed by atoms with Crippen LogP contribution in [0.1, 0.15) is 32.0 Å². The minimum absolute atomic E-state index is 0.0855. The summed E-state index contributed by atoms with van der Waals surface area (Å²) >= 11 is 6.17. The van der Waals surface area contributed by atoms with Crippen LogP contribution < -0.4 is 11.3 Å². The number of nitrogen functional groups attached to an aromatic ring is 1. The lowest BCUT2D eigenvalue weighted by atomic mass is 9.92. The summed E-state index contributed by atoms with van der Waals surface area (Å²) in [6, 6.07) is 7.65. The molecule has 2 aromatic rings. The molecule has 0 aliphatic carbocycles. The summed E-state index contributed by atoms with van der Waals surface area (Å²) in [5, 5.41) is 0.703. The molecule has 1 aromatic carbocycles. The highest BCUT2D eigenvalue weighted by atomic mass is 35.5. The Balaban J connectivity index is 2.58. The molecule has 106 valence electrons. The van der Waals surface area contributed by atoms with Crippen LogP contribution in [-0.2, 0) is 5.41 Å². The molecule has 1 aromatic heterocycles. The maximum absolute atomic E-state index is 6.17. The smallest absolute Gasteiger partial charge is 0.161 e. The molecule has 0 saturated heterocycles. The minimum Gasteiger partial charge on any atom is -0.308 e. The number of hydrazine groups is 1. The fraction of sp³-hybridized carbons (Fsp3) is 0.333. The van der Waals surface area contributed by atoms with E-state index >= 15 is 0 Å². The number of rotatable bonds is 2. The van der Waals surface area contributed by atoms with Crippen LogP contribution in [0.2, 0.25) is 5.02 Å². The van der Waals surface area contributed by atoms with Crippen molar-refractivity contribution in [2.45, 2.75) is 33.1 Å². The van der Waals surface area contributed by atoms with Crippen LogP contribution in [-0.4, -0.2) is 9.97 Å². The highest BCUT2D eigenvalue weighted by Gasteiger charge is 2.18. The molecular formula is C15H19ClN4. The van der Waals surface area contributed by atoms with E-state index in [9.17, 15) is 0 Å². The summed E-state index contributed by atoms with van der Waals surface area (Å²) in [5.74, 6) is 6.71. The predicted octanol–water partition coefficient (Wildman–Crippen LogP) is 3.69. The first-order chi connectivity index (χ1) is 9.31. The first-order valence-corrected chi connectivity index (χ1v) is 6.82. The predicted molar refractivity (Wildman–Crippen MR) is 83.7 cm³/mol. The second kappa shape index (κ2) is 5.38. The van der Waals surface area contributed by atoms with Gasteiger partial charge in [-0.15, -0.1) is 0 Å². The van der Waals surface area contributed by atoms with Gasteiger partial charge in [-0.1, -0.05) is 44.5 Å². The van der Waals surface area contributed by atoms with Crippen LogP contribution in [0.3, 0.4) is 0 Å². The maximum atomic E-state index is 6.17. The fourth-order valence-corrected chi connectivity index (χ4v) is 1.95. The molecule has 0 fully saturated rings. The number of benzene rings is 1. The minimum atomic E-state index is -0.0855. The summed E-state index contributed by atoms with van der Waals surface area (Å²) < 4.78 is 0. The van der Waals surface area contributed by atoms with Crippen molar-refractivity contribution in [2.75, 3.05) is 5.43 Å². The van der Waals surface area contributed by atoms with Crippen LogP contribution >= 0.6 is 11.6 Å². The number of nitrogens with two attached hydrogens (primary N) is 1. The Morgan fingerprint density at radius 1 is 1.15 bits per heavy atom. The first-order valence-electron chi connectivity index (χ1n) is 6.44. The molecule has 0 atom stereocenters. The van der Waals surface area contributed by atoms with Crippen molar-refractivity contribution < 1.29 is 0 Å². The topological polar surface area (TPSA) is 63.8 Å². The average Bonchev–Trinajstić information content (AvgIpc) is 2.40. The van der Waals surface area contributed by atoms with E-state index in [1.54, 1.807) is 0 Å². The molecule has 1 heterocycles. The van der Waals surface area contributed by atoms with Gasteiger partial charge in [0.05, 0.1) is 5.69 Å². The zero-order valence-electron chi connectivity index (χ0n) is 12.2. The fourth-order valence-electron chi connectivity index (χ4n) is 1.77. The van der Waals surface area contributed by atoms with Gasteiger partial charge in [0.2, 0.25) is 0 Å². The molecule has 0 saturated carbocycles. The molecular weight excluding hydrogens is 272 g/mol. The van der Waals surface area contributed by atoms with Crippen molar-refractivity contribution in [3.8, 4) is 11.4 Å². The van der Waals surface area contributed by atoms with E-state index in [2.05, 4.69) is 36.2 Å². The zero-order chi connectivity index (χ0) is 14.9. The van der Waals surface area contributed by atoms with E-state index in [1.165, 1.54) is 0 Å². The van der Waals surface area contributed by atoms with Gasteiger partial charge in [-0.25, -0.2) is 15.8 Å². The van der Waals surface area contributed by atoms with Crippen LogP contribution in [0.25, 0.3) is 11.4 Å². The van der Waals surface area contributed by atoms with Crippen molar-refractivity contribution in [3.05, 3.63) is 40.5 Å². The number of anilines is 1. The molecule has 0 bridgehead atoms. The molecule has 20 heavy (non-hydrogen) atoms. The van der Waals surface area contributed by atoms with Gasteiger partial charge >= 0.3 is 0 Å². The molecule has 0 radical (unpaired) electrons.